The summed E-state index contributed by atoms with van der Waals surface area (Å²) in [5.74, 6) is -1.09. The van der Waals surface area contributed by atoms with Crippen molar-refractivity contribution >= 4 is 23.7 Å². The molecule has 3 amide bonds. The van der Waals surface area contributed by atoms with Crippen LogP contribution in [0.15, 0.2) is 18.2 Å². The molecule has 2 aliphatic rings. The number of rotatable bonds is 8. The van der Waals surface area contributed by atoms with Crippen LogP contribution in [-0.2, 0) is 23.9 Å². The van der Waals surface area contributed by atoms with Crippen molar-refractivity contribution in [2.24, 2.45) is 11.3 Å². The molecular weight excluding hydrogens is 490 g/mol. The number of ether oxygens (including phenoxy) is 3. The minimum atomic E-state index is -0.892. The van der Waals surface area contributed by atoms with Crippen LogP contribution in [0.25, 0.3) is 0 Å². The van der Waals surface area contributed by atoms with E-state index < -0.39 is 41.7 Å². The smallest absolute Gasteiger partial charge is 0.310 e. The van der Waals surface area contributed by atoms with E-state index in [0.717, 1.165) is 0 Å². The summed E-state index contributed by atoms with van der Waals surface area (Å²) in [7, 11) is 1.54. The first-order valence-electron chi connectivity index (χ1n) is 13.2. The number of benzene rings is 1. The molecule has 2 aliphatic heterocycles. The van der Waals surface area contributed by atoms with Crippen LogP contribution in [0.1, 0.15) is 70.3 Å². The summed E-state index contributed by atoms with van der Waals surface area (Å²) < 4.78 is 16.0. The average molecular weight is 532 g/mol. The van der Waals surface area contributed by atoms with Crippen molar-refractivity contribution in [1.29, 1.82) is 0 Å². The van der Waals surface area contributed by atoms with Gasteiger partial charge in [-0.05, 0) is 50.7 Å². The van der Waals surface area contributed by atoms with E-state index in [9.17, 15) is 19.2 Å². The molecule has 3 rings (SSSR count). The molecule has 6 atom stereocenters. The van der Waals surface area contributed by atoms with Crippen molar-refractivity contribution in [3.8, 4) is 5.75 Å². The molecule has 0 bridgehead atoms. The van der Waals surface area contributed by atoms with E-state index in [1.165, 1.54) is 7.11 Å². The van der Waals surface area contributed by atoms with Gasteiger partial charge in [-0.3, -0.25) is 19.2 Å². The lowest BCUT2D eigenvalue weighted by Crippen LogP contribution is -2.60. The van der Waals surface area contributed by atoms with Gasteiger partial charge in [0.2, 0.25) is 18.1 Å². The monoisotopic (exact) mass is 531 g/mol. The van der Waals surface area contributed by atoms with Gasteiger partial charge in [0.1, 0.15) is 23.9 Å². The van der Waals surface area contributed by atoms with Gasteiger partial charge in [-0.2, -0.15) is 0 Å². The zero-order valence-corrected chi connectivity index (χ0v) is 23.6. The highest BCUT2D eigenvalue weighted by Gasteiger charge is 2.49. The summed E-state index contributed by atoms with van der Waals surface area (Å²) in [6, 6.07) is 2.67. The Labute approximate surface area is 224 Å². The SMILES string of the molecule is CCO[C@H]1OC(=O)CC1NC(=O)C1C(C)CC(C)N1C(=O)C(NC(=O)c1cccc(OC)c1C)C(C)(C)C. The second kappa shape index (κ2) is 11.7. The first kappa shape index (κ1) is 29.4. The van der Waals surface area contributed by atoms with Gasteiger partial charge >= 0.3 is 5.97 Å². The lowest BCUT2D eigenvalue weighted by Gasteiger charge is -2.38. The van der Waals surface area contributed by atoms with Gasteiger partial charge in [0, 0.05) is 23.8 Å². The van der Waals surface area contributed by atoms with E-state index in [0.29, 0.717) is 29.9 Å². The molecule has 0 spiro atoms. The first-order valence-corrected chi connectivity index (χ1v) is 13.2. The summed E-state index contributed by atoms with van der Waals surface area (Å²) in [6.45, 7) is 13.4. The maximum Gasteiger partial charge on any atom is 0.310 e. The van der Waals surface area contributed by atoms with Crippen molar-refractivity contribution in [2.45, 2.75) is 91.8 Å². The Balaban J connectivity index is 1.85. The van der Waals surface area contributed by atoms with Crippen molar-refractivity contribution in [1.82, 2.24) is 15.5 Å². The number of hydrogen-bond donors (Lipinski definition) is 2. The van der Waals surface area contributed by atoms with E-state index in [4.69, 9.17) is 14.2 Å². The Morgan fingerprint density at radius 2 is 1.89 bits per heavy atom. The Kier molecular flexibility index (Phi) is 9.07. The van der Waals surface area contributed by atoms with E-state index in [2.05, 4.69) is 10.6 Å². The van der Waals surface area contributed by atoms with Gasteiger partial charge in [-0.25, -0.2) is 0 Å². The molecule has 0 saturated carbocycles. The van der Waals surface area contributed by atoms with Crippen LogP contribution in [0.5, 0.6) is 5.75 Å². The molecule has 0 radical (unpaired) electrons. The second-order valence-corrected chi connectivity index (χ2v) is 11.3. The van der Waals surface area contributed by atoms with Gasteiger partial charge in [-0.15, -0.1) is 0 Å². The van der Waals surface area contributed by atoms with Crippen LogP contribution in [-0.4, -0.2) is 72.8 Å². The Hall–Kier alpha value is -3.14. The third kappa shape index (κ3) is 6.11. The molecule has 2 heterocycles. The van der Waals surface area contributed by atoms with Crippen molar-refractivity contribution in [3.05, 3.63) is 29.3 Å². The van der Waals surface area contributed by atoms with E-state index in [-0.39, 0.29) is 30.2 Å². The van der Waals surface area contributed by atoms with Gasteiger partial charge in [0.05, 0.1) is 13.5 Å². The molecule has 38 heavy (non-hydrogen) atoms. The zero-order chi connectivity index (χ0) is 28.4. The molecule has 210 valence electrons. The van der Waals surface area contributed by atoms with Gasteiger partial charge < -0.3 is 29.7 Å². The number of nitrogens with one attached hydrogen (secondary N) is 2. The van der Waals surface area contributed by atoms with Crippen molar-refractivity contribution < 1.29 is 33.4 Å². The van der Waals surface area contributed by atoms with E-state index in [1.807, 2.05) is 34.6 Å². The van der Waals surface area contributed by atoms with Gasteiger partial charge in [0.25, 0.3) is 5.91 Å². The molecule has 2 N–H and O–H groups in total. The Bertz CT molecular complexity index is 1070. The maximum atomic E-state index is 14.1. The number of esters is 1. The highest BCUT2D eigenvalue weighted by Crippen LogP contribution is 2.34. The standard InChI is InChI=1S/C28H41N3O7/c1-9-37-27-19(14-21(32)38-27)29-25(34)22-15(2)13-16(3)31(22)26(35)23(28(5,6)7)30-24(33)18-11-10-12-20(36-8)17(18)4/h10-12,15-16,19,22-23,27H,9,13-14H2,1-8H3,(H,29,34)(H,30,33)/t15?,16?,19?,22?,23?,27-/m0/s1. The number of cyclic esters (lactones) is 1. The molecule has 5 unspecified atom stereocenters. The lowest BCUT2D eigenvalue weighted by atomic mass is 9.85. The average Bonchev–Trinajstić information content (AvgIpc) is 3.33. The highest BCUT2D eigenvalue weighted by atomic mass is 16.7. The molecular formula is C28H41N3O7. The topological polar surface area (TPSA) is 123 Å². The van der Waals surface area contributed by atoms with Gasteiger partial charge in [-0.1, -0.05) is 33.8 Å². The largest absolute Gasteiger partial charge is 0.496 e. The molecule has 0 aliphatic carbocycles. The fourth-order valence-corrected chi connectivity index (χ4v) is 5.39. The number of carbonyl (C=O) groups is 4. The quantitative estimate of drug-likeness (QED) is 0.494. The molecule has 1 aromatic rings. The highest BCUT2D eigenvalue weighted by molar-refractivity contribution is 6.00. The minimum Gasteiger partial charge on any atom is -0.496 e. The summed E-state index contributed by atoms with van der Waals surface area (Å²) in [5, 5.41) is 5.82. The molecule has 2 fully saturated rings. The van der Waals surface area contributed by atoms with Crippen LogP contribution in [0.2, 0.25) is 0 Å². The van der Waals surface area contributed by atoms with Crippen LogP contribution < -0.4 is 15.4 Å². The van der Waals surface area contributed by atoms with Gasteiger partial charge in [0.15, 0.2) is 0 Å². The summed E-state index contributed by atoms with van der Waals surface area (Å²) >= 11 is 0. The van der Waals surface area contributed by atoms with Crippen LogP contribution >= 0.6 is 0 Å². The Morgan fingerprint density at radius 3 is 2.50 bits per heavy atom. The third-order valence-corrected chi connectivity index (χ3v) is 7.31. The molecule has 10 nitrogen and oxygen atoms in total. The predicted octanol–water partition coefficient (Wildman–Crippen LogP) is 2.57. The fraction of sp³-hybridized carbons (Fsp3) is 0.643. The molecule has 1 aromatic carbocycles. The predicted molar refractivity (Wildman–Crippen MR) is 140 cm³/mol. The molecule has 2 saturated heterocycles. The number of likely N-dealkylation sites (tertiary alicyclic amines) is 1. The van der Waals surface area contributed by atoms with Crippen molar-refractivity contribution in [2.75, 3.05) is 13.7 Å². The normalized spacial score (nSPS) is 26.1. The second-order valence-electron chi connectivity index (χ2n) is 11.3. The first-order chi connectivity index (χ1) is 17.8. The number of carbonyl (C=O) groups excluding carboxylic acids is 4. The van der Waals surface area contributed by atoms with Crippen molar-refractivity contribution in [3.63, 3.8) is 0 Å². The van der Waals surface area contributed by atoms with Crippen LogP contribution in [0.4, 0.5) is 0 Å². The van der Waals surface area contributed by atoms with Crippen LogP contribution in [0, 0.1) is 18.3 Å². The molecule has 10 heteroatoms. The van der Waals surface area contributed by atoms with Crippen LogP contribution in [0.3, 0.4) is 0 Å². The third-order valence-electron chi connectivity index (χ3n) is 7.31. The minimum absolute atomic E-state index is 0.00156. The molecule has 0 aromatic heterocycles. The van der Waals surface area contributed by atoms with E-state index >= 15 is 0 Å². The van der Waals surface area contributed by atoms with E-state index in [1.54, 1.807) is 36.9 Å². The fourth-order valence-electron chi connectivity index (χ4n) is 5.39. The number of hydrogen-bond acceptors (Lipinski definition) is 7. The zero-order valence-electron chi connectivity index (χ0n) is 23.6. The maximum absolute atomic E-state index is 14.1. The lowest BCUT2D eigenvalue weighted by molar-refractivity contribution is -0.164. The Morgan fingerprint density at radius 1 is 1.21 bits per heavy atom. The number of methoxy groups -OCH3 is 1. The number of amides is 3. The summed E-state index contributed by atoms with van der Waals surface area (Å²) in [4.78, 5) is 54.4. The summed E-state index contributed by atoms with van der Waals surface area (Å²) in [5.41, 5.74) is 0.444. The summed E-state index contributed by atoms with van der Waals surface area (Å²) in [6.07, 6.45) is -0.234. The number of nitrogens with zero attached hydrogens (tertiary/aromatic N) is 1.